The standard InChI is InChI=1S/C40H68NO8P/c1-6-8-10-12-14-16-18-20-22-24-26-28-30-32-39(42)46-36-38(37-48-50(44,45)47-35-34-41(3,4)5)49-40(43)33-31-29-27-25-23-21-19-17-15-13-11-9-7-2/h9,11,13,15,17,19-23,26,28,38H,6-8,10,12,14,16,18,24-25,27,29-37H2,1-5H3/b11-9+,15-13+,19-17+,22-20+,23-21+,28-26+. The minimum absolute atomic E-state index is 0.0503. The highest BCUT2D eigenvalue weighted by Gasteiger charge is 2.21. The van der Waals surface area contributed by atoms with Gasteiger partial charge in [0.05, 0.1) is 27.7 Å². The van der Waals surface area contributed by atoms with Gasteiger partial charge >= 0.3 is 11.9 Å². The summed E-state index contributed by atoms with van der Waals surface area (Å²) in [6, 6.07) is 0. The second kappa shape index (κ2) is 32.4. The lowest BCUT2D eigenvalue weighted by Gasteiger charge is -2.28. The molecule has 0 aliphatic carbocycles. The minimum Gasteiger partial charge on any atom is -0.756 e. The van der Waals surface area contributed by atoms with Crippen LogP contribution in [-0.4, -0.2) is 70.0 Å². The van der Waals surface area contributed by atoms with Crippen molar-refractivity contribution < 1.29 is 42.1 Å². The van der Waals surface area contributed by atoms with E-state index in [-0.39, 0.29) is 26.1 Å². The molecule has 0 spiro atoms. The van der Waals surface area contributed by atoms with Crippen molar-refractivity contribution in [1.82, 2.24) is 0 Å². The van der Waals surface area contributed by atoms with E-state index in [0.717, 1.165) is 38.5 Å². The Morgan fingerprint density at radius 3 is 1.94 bits per heavy atom. The van der Waals surface area contributed by atoms with Crippen LogP contribution in [0.25, 0.3) is 0 Å². The number of esters is 2. The third-order valence-corrected chi connectivity index (χ3v) is 8.28. The molecule has 9 nitrogen and oxygen atoms in total. The van der Waals surface area contributed by atoms with Gasteiger partial charge in [-0.25, -0.2) is 0 Å². The predicted molar refractivity (Wildman–Crippen MR) is 203 cm³/mol. The topological polar surface area (TPSA) is 111 Å². The molecule has 2 atom stereocenters. The summed E-state index contributed by atoms with van der Waals surface area (Å²) in [6.45, 7) is 3.92. The van der Waals surface area contributed by atoms with Crippen molar-refractivity contribution in [3.8, 4) is 0 Å². The van der Waals surface area contributed by atoms with Crippen molar-refractivity contribution in [2.45, 2.75) is 123 Å². The number of carbonyl (C=O) groups is 2. The molecular weight excluding hydrogens is 653 g/mol. The number of carbonyl (C=O) groups excluding carboxylic acids is 2. The van der Waals surface area contributed by atoms with Crippen LogP contribution in [0.4, 0.5) is 0 Å². The van der Waals surface area contributed by atoms with E-state index >= 15 is 0 Å². The number of quaternary nitrogens is 1. The van der Waals surface area contributed by atoms with Crippen LogP contribution >= 0.6 is 7.82 Å². The smallest absolute Gasteiger partial charge is 0.306 e. The van der Waals surface area contributed by atoms with Crippen molar-refractivity contribution in [3.05, 3.63) is 72.9 Å². The third kappa shape index (κ3) is 35.3. The summed E-state index contributed by atoms with van der Waals surface area (Å²) in [5, 5.41) is 0. The van der Waals surface area contributed by atoms with Crippen LogP contribution < -0.4 is 4.89 Å². The summed E-state index contributed by atoms with van der Waals surface area (Å²) in [4.78, 5) is 37.2. The second-order valence-electron chi connectivity index (χ2n) is 13.3. The fourth-order valence-corrected chi connectivity index (χ4v) is 5.09. The Kier molecular flexibility index (Phi) is 30.7. The number of ether oxygens (including phenoxy) is 2. The highest BCUT2D eigenvalue weighted by Crippen LogP contribution is 2.38. The first-order valence-electron chi connectivity index (χ1n) is 18.7. The second-order valence-corrected chi connectivity index (χ2v) is 14.7. The van der Waals surface area contributed by atoms with Gasteiger partial charge in [0.1, 0.15) is 19.8 Å². The number of rotatable bonds is 32. The van der Waals surface area contributed by atoms with Gasteiger partial charge in [0.25, 0.3) is 7.82 Å². The van der Waals surface area contributed by atoms with Crippen LogP contribution in [0, 0.1) is 0 Å². The van der Waals surface area contributed by atoms with Crippen LogP contribution in [0.3, 0.4) is 0 Å². The number of hydrogen-bond donors (Lipinski definition) is 0. The van der Waals surface area contributed by atoms with Gasteiger partial charge in [0, 0.05) is 12.8 Å². The van der Waals surface area contributed by atoms with Gasteiger partial charge in [-0.1, -0.05) is 125 Å². The molecule has 0 bridgehead atoms. The number of allylic oxidation sites excluding steroid dienone is 12. The van der Waals surface area contributed by atoms with Gasteiger partial charge in [-0.3, -0.25) is 14.2 Å². The molecule has 0 N–H and O–H groups in total. The Morgan fingerprint density at radius 2 is 1.26 bits per heavy atom. The molecule has 10 heteroatoms. The van der Waals surface area contributed by atoms with E-state index < -0.39 is 32.5 Å². The van der Waals surface area contributed by atoms with Crippen LogP contribution in [-0.2, 0) is 32.7 Å². The number of likely N-dealkylation sites (N-methyl/N-ethyl adjacent to an activating group) is 1. The molecule has 0 rings (SSSR count). The Balaban J connectivity index is 4.63. The van der Waals surface area contributed by atoms with Crippen molar-refractivity contribution >= 4 is 19.8 Å². The summed E-state index contributed by atoms with van der Waals surface area (Å²) in [5.74, 6) is -0.970. The zero-order chi connectivity index (χ0) is 37.2. The first-order chi connectivity index (χ1) is 24.0. The highest BCUT2D eigenvalue weighted by atomic mass is 31.2. The predicted octanol–water partition coefficient (Wildman–Crippen LogP) is 9.27. The summed E-state index contributed by atoms with van der Waals surface area (Å²) in [5.41, 5.74) is 0. The van der Waals surface area contributed by atoms with E-state index in [1.807, 2.05) is 69.8 Å². The SMILES string of the molecule is CC/C=C/C=C/C=C/C=C/CCCCCC(=O)OC(COC(=O)CC/C=C/C/C=C/CCCCCCCC)COP(=O)([O-])OCC[N+](C)(C)C. The van der Waals surface area contributed by atoms with Crippen molar-refractivity contribution in [2.75, 3.05) is 47.5 Å². The average Bonchev–Trinajstić information content (AvgIpc) is 3.06. The molecule has 0 radical (unpaired) electrons. The molecule has 0 saturated heterocycles. The zero-order valence-electron chi connectivity index (χ0n) is 31.8. The maximum atomic E-state index is 12.6. The number of nitrogens with zero attached hydrogens (tertiary/aromatic N) is 1. The van der Waals surface area contributed by atoms with Crippen molar-refractivity contribution in [3.63, 3.8) is 0 Å². The largest absolute Gasteiger partial charge is 0.756 e. The fourth-order valence-electron chi connectivity index (χ4n) is 4.36. The van der Waals surface area contributed by atoms with E-state index in [9.17, 15) is 19.0 Å². The van der Waals surface area contributed by atoms with Crippen LogP contribution in [0.5, 0.6) is 0 Å². The van der Waals surface area contributed by atoms with E-state index in [1.54, 1.807) is 0 Å². The van der Waals surface area contributed by atoms with Gasteiger partial charge in [0.15, 0.2) is 6.10 Å². The Hall–Kier alpha value is -2.55. The molecule has 50 heavy (non-hydrogen) atoms. The molecule has 0 aromatic rings. The average molecular weight is 722 g/mol. The van der Waals surface area contributed by atoms with Gasteiger partial charge < -0.3 is 27.9 Å². The summed E-state index contributed by atoms with van der Waals surface area (Å²) in [7, 11) is 1.10. The first-order valence-corrected chi connectivity index (χ1v) is 20.2. The Labute approximate surface area is 304 Å². The molecule has 0 aliphatic rings. The van der Waals surface area contributed by atoms with Crippen LogP contribution in [0.1, 0.15) is 117 Å². The molecule has 0 aromatic heterocycles. The lowest BCUT2D eigenvalue weighted by atomic mass is 10.1. The van der Waals surface area contributed by atoms with Crippen LogP contribution in [0.2, 0.25) is 0 Å². The maximum Gasteiger partial charge on any atom is 0.306 e. The van der Waals surface area contributed by atoms with E-state index in [4.69, 9.17) is 18.5 Å². The molecule has 0 aliphatic heterocycles. The molecule has 0 aromatic carbocycles. The molecule has 0 amide bonds. The minimum atomic E-state index is -4.64. The Morgan fingerprint density at radius 1 is 0.660 bits per heavy atom. The van der Waals surface area contributed by atoms with E-state index in [0.29, 0.717) is 23.9 Å². The molecule has 0 saturated carbocycles. The third-order valence-electron chi connectivity index (χ3n) is 7.32. The molecule has 286 valence electrons. The van der Waals surface area contributed by atoms with Gasteiger partial charge in [-0.15, -0.1) is 0 Å². The molecule has 2 unspecified atom stereocenters. The van der Waals surface area contributed by atoms with Crippen molar-refractivity contribution in [2.24, 2.45) is 0 Å². The van der Waals surface area contributed by atoms with Gasteiger partial charge in [-0.2, -0.15) is 0 Å². The van der Waals surface area contributed by atoms with Crippen molar-refractivity contribution in [1.29, 1.82) is 0 Å². The highest BCUT2D eigenvalue weighted by molar-refractivity contribution is 7.45. The molecular formula is C40H68NO8P. The zero-order valence-corrected chi connectivity index (χ0v) is 32.7. The van der Waals surface area contributed by atoms with E-state index in [2.05, 4.69) is 38.2 Å². The maximum absolute atomic E-state index is 12.6. The van der Waals surface area contributed by atoms with Gasteiger partial charge in [0.2, 0.25) is 0 Å². The monoisotopic (exact) mass is 721 g/mol. The quantitative estimate of drug-likeness (QED) is 0.0169. The number of hydrogen-bond acceptors (Lipinski definition) is 8. The lowest BCUT2D eigenvalue weighted by molar-refractivity contribution is -0.870. The summed E-state index contributed by atoms with van der Waals surface area (Å²) in [6.07, 6.45) is 38.1. The fraction of sp³-hybridized carbons (Fsp3) is 0.650. The van der Waals surface area contributed by atoms with Gasteiger partial charge in [-0.05, 0) is 51.4 Å². The first kappa shape index (κ1) is 47.4. The summed E-state index contributed by atoms with van der Waals surface area (Å²) < 4.78 is 33.6. The number of phosphoric acid groups is 1. The van der Waals surface area contributed by atoms with Crippen LogP contribution in [0.15, 0.2) is 72.9 Å². The Bertz CT molecular complexity index is 1090. The number of phosphoric ester groups is 1. The number of unbranched alkanes of at least 4 members (excludes halogenated alkanes) is 9. The molecule has 0 heterocycles. The van der Waals surface area contributed by atoms with E-state index in [1.165, 1.54) is 38.5 Å². The summed E-state index contributed by atoms with van der Waals surface area (Å²) >= 11 is 0. The normalized spacial score (nSPS) is 14.6. The molecule has 0 fully saturated rings. The lowest BCUT2D eigenvalue weighted by Crippen LogP contribution is -2.37.